The van der Waals surface area contributed by atoms with E-state index < -0.39 is 6.36 Å². The lowest BCUT2D eigenvalue weighted by Gasteiger charge is -2.13. The molecule has 3 nitrogen and oxygen atoms in total. The first kappa shape index (κ1) is 15.3. The van der Waals surface area contributed by atoms with Gasteiger partial charge in [0.1, 0.15) is 11.5 Å². The average Bonchev–Trinajstić information content (AvgIpc) is 2.83. The number of hydrogen-bond acceptors (Lipinski definition) is 2. The van der Waals surface area contributed by atoms with Gasteiger partial charge in [-0.3, -0.25) is 0 Å². The maximum atomic E-state index is 12.6. The van der Waals surface area contributed by atoms with E-state index in [0.29, 0.717) is 17.0 Å². The fraction of sp³-hybridized carbons (Fsp3) is 0.176. The molecule has 1 heterocycles. The van der Waals surface area contributed by atoms with Gasteiger partial charge in [0.25, 0.3) is 0 Å². The largest absolute Gasteiger partial charge is 0.573 e. The van der Waals surface area contributed by atoms with Gasteiger partial charge in [0.05, 0.1) is 18.3 Å². The van der Waals surface area contributed by atoms with E-state index in [1.54, 1.807) is 26.3 Å². The molecule has 3 rings (SSSR count). The van der Waals surface area contributed by atoms with Crippen LogP contribution in [0.1, 0.15) is 0 Å². The Bertz CT molecular complexity index is 853. The van der Waals surface area contributed by atoms with Gasteiger partial charge >= 0.3 is 6.36 Å². The smallest absolute Gasteiger partial charge is 0.497 e. The number of hydrogen-bond donors (Lipinski definition) is 0. The highest BCUT2D eigenvalue weighted by Crippen LogP contribution is 2.36. The number of rotatable bonds is 3. The predicted molar refractivity (Wildman–Crippen MR) is 81.6 cm³/mol. The van der Waals surface area contributed by atoms with Crippen LogP contribution < -0.4 is 9.47 Å². The summed E-state index contributed by atoms with van der Waals surface area (Å²) < 4.78 is 48.9. The van der Waals surface area contributed by atoms with Crippen LogP contribution in [0.3, 0.4) is 0 Å². The van der Waals surface area contributed by atoms with Gasteiger partial charge in [0.2, 0.25) is 0 Å². The average molecular weight is 321 g/mol. The summed E-state index contributed by atoms with van der Waals surface area (Å²) in [4.78, 5) is 0. The van der Waals surface area contributed by atoms with Crippen LogP contribution in [0.5, 0.6) is 11.5 Å². The minimum Gasteiger partial charge on any atom is -0.497 e. The van der Waals surface area contributed by atoms with Gasteiger partial charge in [0, 0.05) is 24.1 Å². The molecule has 0 saturated carbocycles. The van der Waals surface area contributed by atoms with E-state index in [-0.39, 0.29) is 5.75 Å². The second-order valence-electron chi connectivity index (χ2n) is 5.06. The van der Waals surface area contributed by atoms with Gasteiger partial charge in [-0.05, 0) is 30.3 Å². The van der Waals surface area contributed by atoms with Gasteiger partial charge in [0.15, 0.2) is 0 Å². The Morgan fingerprint density at radius 2 is 1.74 bits per heavy atom. The van der Waals surface area contributed by atoms with E-state index >= 15 is 0 Å². The summed E-state index contributed by atoms with van der Waals surface area (Å²) in [5, 5.41) is 0.908. The molecular weight excluding hydrogens is 307 g/mol. The van der Waals surface area contributed by atoms with Crippen LogP contribution in [0.25, 0.3) is 22.2 Å². The van der Waals surface area contributed by atoms with E-state index in [0.717, 1.165) is 10.9 Å². The first-order valence-electron chi connectivity index (χ1n) is 6.87. The predicted octanol–water partition coefficient (Wildman–Crippen LogP) is 4.75. The number of aryl methyl sites for hydroxylation is 1. The molecular formula is C17H14F3NO2. The number of para-hydroxylation sites is 1. The Hall–Kier alpha value is -2.63. The molecule has 0 amide bonds. The Morgan fingerprint density at radius 1 is 1.00 bits per heavy atom. The number of alkyl halides is 3. The summed E-state index contributed by atoms with van der Waals surface area (Å²) in [5.74, 6) is 0.461. The maximum absolute atomic E-state index is 12.6. The zero-order valence-electron chi connectivity index (χ0n) is 12.5. The SMILES string of the molecule is COc1ccc2cc(-c3ccccc3OC(F)(F)F)n(C)c2c1. The summed E-state index contributed by atoms with van der Waals surface area (Å²) in [7, 11) is 3.36. The summed E-state index contributed by atoms with van der Waals surface area (Å²) in [6.07, 6.45) is -4.73. The first-order valence-corrected chi connectivity index (χ1v) is 6.87. The number of halogens is 3. The van der Waals surface area contributed by atoms with E-state index in [9.17, 15) is 13.2 Å². The maximum Gasteiger partial charge on any atom is 0.573 e. The van der Waals surface area contributed by atoms with Gasteiger partial charge in [-0.2, -0.15) is 0 Å². The monoisotopic (exact) mass is 321 g/mol. The van der Waals surface area contributed by atoms with Crippen LogP contribution in [0.4, 0.5) is 13.2 Å². The van der Waals surface area contributed by atoms with Crippen molar-refractivity contribution < 1.29 is 22.6 Å². The zero-order chi connectivity index (χ0) is 16.6. The summed E-state index contributed by atoms with van der Waals surface area (Å²) in [6.45, 7) is 0. The van der Waals surface area contributed by atoms with E-state index in [1.807, 2.05) is 28.8 Å². The lowest BCUT2D eigenvalue weighted by molar-refractivity contribution is -0.274. The molecule has 0 spiro atoms. The fourth-order valence-corrected chi connectivity index (χ4v) is 2.59. The lowest BCUT2D eigenvalue weighted by Crippen LogP contribution is -2.17. The summed E-state index contributed by atoms with van der Waals surface area (Å²) >= 11 is 0. The van der Waals surface area contributed by atoms with Crippen LogP contribution in [0, 0.1) is 0 Å². The molecule has 0 fully saturated rings. The summed E-state index contributed by atoms with van der Waals surface area (Å²) in [5.41, 5.74) is 1.87. The topological polar surface area (TPSA) is 23.4 Å². The third-order valence-corrected chi connectivity index (χ3v) is 3.64. The molecule has 2 aromatic carbocycles. The highest BCUT2D eigenvalue weighted by Gasteiger charge is 2.32. The second-order valence-corrected chi connectivity index (χ2v) is 5.06. The molecule has 23 heavy (non-hydrogen) atoms. The number of aromatic nitrogens is 1. The van der Waals surface area contributed by atoms with Crippen molar-refractivity contribution in [2.75, 3.05) is 7.11 Å². The minimum atomic E-state index is -4.73. The standard InChI is InChI=1S/C17H14F3NO2/c1-21-14-10-12(22-2)8-7-11(14)9-15(21)13-5-3-4-6-16(13)23-17(18,19)20/h3-10H,1-2H3. The quantitative estimate of drug-likeness (QED) is 0.695. The van der Waals surface area contributed by atoms with Crippen LogP contribution in [-0.2, 0) is 7.05 Å². The molecule has 6 heteroatoms. The van der Waals surface area contributed by atoms with Gasteiger partial charge < -0.3 is 14.0 Å². The molecule has 120 valence electrons. The highest BCUT2D eigenvalue weighted by molar-refractivity contribution is 5.89. The normalized spacial score (nSPS) is 11.7. The van der Waals surface area contributed by atoms with Gasteiger partial charge in [-0.15, -0.1) is 13.2 Å². The van der Waals surface area contributed by atoms with Crippen molar-refractivity contribution in [3.8, 4) is 22.8 Å². The van der Waals surface area contributed by atoms with Crippen LogP contribution >= 0.6 is 0 Å². The Balaban J connectivity index is 2.16. The van der Waals surface area contributed by atoms with Crippen molar-refractivity contribution in [3.63, 3.8) is 0 Å². The molecule has 0 bridgehead atoms. The van der Waals surface area contributed by atoms with Crippen molar-refractivity contribution >= 4 is 10.9 Å². The number of ether oxygens (including phenoxy) is 2. The molecule has 0 saturated heterocycles. The van der Waals surface area contributed by atoms with Crippen LogP contribution in [-0.4, -0.2) is 18.0 Å². The molecule has 0 unspecified atom stereocenters. The number of benzene rings is 2. The molecule has 1 aromatic heterocycles. The van der Waals surface area contributed by atoms with E-state index in [4.69, 9.17) is 4.74 Å². The van der Waals surface area contributed by atoms with Gasteiger partial charge in [-0.1, -0.05) is 12.1 Å². The Morgan fingerprint density at radius 3 is 2.43 bits per heavy atom. The van der Waals surface area contributed by atoms with Crippen molar-refractivity contribution in [2.24, 2.45) is 7.05 Å². The molecule has 0 radical (unpaired) electrons. The molecule has 0 atom stereocenters. The van der Waals surface area contributed by atoms with Crippen molar-refractivity contribution in [2.45, 2.75) is 6.36 Å². The number of nitrogens with zero attached hydrogens (tertiary/aromatic N) is 1. The molecule has 3 aromatic rings. The third-order valence-electron chi connectivity index (χ3n) is 3.64. The van der Waals surface area contributed by atoms with Gasteiger partial charge in [-0.25, -0.2) is 0 Å². The lowest BCUT2D eigenvalue weighted by atomic mass is 10.1. The third kappa shape index (κ3) is 2.97. The van der Waals surface area contributed by atoms with Crippen molar-refractivity contribution in [1.82, 2.24) is 4.57 Å². The van der Waals surface area contributed by atoms with E-state index in [1.165, 1.54) is 12.1 Å². The highest BCUT2D eigenvalue weighted by atomic mass is 19.4. The minimum absolute atomic E-state index is 0.224. The molecule has 0 aliphatic carbocycles. The van der Waals surface area contributed by atoms with E-state index in [2.05, 4.69) is 4.74 Å². The number of methoxy groups -OCH3 is 1. The van der Waals surface area contributed by atoms with Crippen LogP contribution in [0.2, 0.25) is 0 Å². The molecule has 0 N–H and O–H groups in total. The molecule has 0 aliphatic heterocycles. The second kappa shape index (κ2) is 5.53. The first-order chi connectivity index (χ1) is 10.9. The molecule has 0 aliphatic rings. The Labute approximate surface area is 130 Å². The number of fused-ring (bicyclic) bond motifs is 1. The fourth-order valence-electron chi connectivity index (χ4n) is 2.59. The van der Waals surface area contributed by atoms with Crippen molar-refractivity contribution in [1.29, 1.82) is 0 Å². The Kier molecular flexibility index (Phi) is 3.67. The van der Waals surface area contributed by atoms with Crippen LogP contribution in [0.15, 0.2) is 48.5 Å². The zero-order valence-corrected chi connectivity index (χ0v) is 12.5. The van der Waals surface area contributed by atoms with Crippen molar-refractivity contribution in [3.05, 3.63) is 48.5 Å². The summed E-state index contributed by atoms with van der Waals surface area (Å²) in [6, 6.07) is 13.4.